The van der Waals surface area contributed by atoms with Crippen LogP contribution in [0.15, 0.2) is 24.5 Å². The second kappa shape index (κ2) is 6.71. The fraction of sp³-hybridized carbons (Fsp3) is 0.500. The van der Waals surface area contributed by atoms with Gasteiger partial charge in [0.25, 0.3) is 0 Å². The quantitative estimate of drug-likeness (QED) is 0.911. The average Bonchev–Trinajstić information content (AvgIpc) is 3.12. The molecule has 3 heterocycles. The molecule has 0 aromatic carbocycles. The number of hydrogen-bond acceptors (Lipinski definition) is 4. The number of carbonyl (C=O) groups is 1. The Balaban J connectivity index is 1.50. The van der Waals surface area contributed by atoms with Crippen LogP contribution in [-0.2, 0) is 10.5 Å². The van der Waals surface area contributed by atoms with Crippen LogP contribution >= 0.6 is 11.8 Å². The van der Waals surface area contributed by atoms with Gasteiger partial charge in [0.1, 0.15) is 5.65 Å². The first-order valence-corrected chi connectivity index (χ1v) is 8.72. The minimum Gasteiger partial charge on any atom is -0.396 e. The lowest BCUT2D eigenvalue weighted by atomic mass is 10.1. The SMILES string of the molecule is Cc1ccc2nc(CSCC(=O)N3CCC(CO)C3)cn2c1. The van der Waals surface area contributed by atoms with Crippen molar-refractivity contribution < 1.29 is 9.90 Å². The molecule has 1 amide bonds. The predicted molar refractivity (Wildman–Crippen MR) is 87.9 cm³/mol. The maximum absolute atomic E-state index is 12.1. The number of thioether (sulfide) groups is 1. The summed E-state index contributed by atoms with van der Waals surface area (Å²) in [6.07, 6.45) is 5.00. The third-order valence-corrected chi connectivity index (χ3v) is 4.97. The minimum atomic E-state index is 0.167. The van der Waals surface area contributed by atoms with Gasteiger partial charge in [0.05, 0.1) is 11.4 Å². The molecular formula is C16H21N3O2S. The van der Waals surface area contributed by atoms with Crippen molar-refractivity contribution in [3.63, 3.8) is 0 Å². The molecule has 0 radical (unpaired) electrons. The van der Waals surface area contributed by atoms with Gasteiger partial charge in [-0.2, -0.15) is 0 Å². The Morgan fingerprint density at radius 1 is 1.45 bits per heavy atom. The smallest absolute Gasteiger partial charge is 0.232 e. The molecule has 2 aromatic heterocycles. The van der Waals surface area contributed by atoms with Gasteiger partial charge in [-0.15, -0.1) is 11.8 Å². The zero-order valence-corrected chi connectivity index (χ0v) is 13.6. The van der Waals surface area contributed by atoms with Crippen molar-refractivity contribution in [3.05, 3.63) is 35.8 Å². The highest BCUT2D eigenvalue weighted by atomic mass is 32.2. The summed E-state index contributed by atoms with van der Waals surface area (Å²) < 4.78 is 2.03. The molecule has 6 heteroatoms. The second-order valence-corrected chi connectivity index (χ2v) is 6.86. The Kier molecular flexibility index (Phi) is 4.69. The molecule has 1 unspecified atom stereocenters. The van der Waals surface area contributed by atoms with Crippen LogP contribution in [0, 0.1) is 12.8 Å². The van der Waals surface area contributed by atoms with E-state index in [2.05, 4.69) is 18.1 Å². The van der Waals surface area contributed by atoms with E-state index in [0.29, 0.717) is 12.3 Å². The Bertz CT molecular complexity index is 670. The van der Waals surface area contributed by atoms with Crippen molar-refractivity contribution in [3.8, 4) is 0 Å². The van der Waals surface area contributed by atoms with Gasteiger partial charge in [0.15, 0.2) is 0 Å². The van der Waals surface area contributed by atoms with E-state index < -0.39 is 0 Å². The lowest BCUT2D eigenvalue weighted by Gasteiger charge is -2.15. The van der Waals surface area contributed by atoms with Crippen LogP contribution in [0.25, 0.3) is 5.65 Å². The van der Waals surface area contributed by atoms with Crippen molar-refractivity contribution in [2.75, 3.05) is 25.4 Å². The third kappa shape index (κ3) is 3.44. The number of amides is 1. The number of aliphatic hydroxyl groups excluding tert-OH is 1. The van der Waals surface area contributed by atoms with Crippen molar-refractivity contribution >= 4 is 23.3 Å². The Hall–Kier alpha value is -1.53. The van der Waals surface area contributed by atoms with Crippen LogP contribution in [-0.4, -0.2) is 50.7 Å². The van der Waals surface area contributed by atoms with Crippen molar-refractivity contribution in [2.24, 2.45) is 5.92 Å². The van der Waals surface area contributed by atoms with E-state index in [4.69, 9.17) is 5.11 Å². The number of pyridine rings is 1. The first-order valence-electron chi connectivity index (χ1n) is 7.56. The zero-order valence-electron chi connectivity index (χ0n) is 12.7. The van der Waals surface area contributed by atoms with Crippen molar-refractivity contribution in [2.45, 2.75) is 19.1 Å². The molecule has 118 valence electrons. The number of aliphatic hydroxyl groups is 1. The van der Waals surface area contributed by atoms with Gasteiger partial charge in [-0.25, -0.2) is 4.98 Å². The van der Waals surface area contributed by atoms with E-state index in [1.165, 1.54) is 5.56 Å². The highest BCUT2D eigenvalue weighted by Gasteiger charge is 2.25. The third-order valence-electron chi connectivity index (χ3n) is 4.02. The summed E-state index contributed by atoms with van der Waals surface area (Å²) in [5.74, 6) is 1.64. The number of likely N-dealkylation sites (tertiary alicyclic amines) is 1. The zero-order chi connectivity index (χ0) is 15.5. The average molecular weight is 319 g/mol. The Morgan fingerprint density at radius 2 is 2.32 bits per heavy atom. The number of fused-ring (bicyclic) bond motifs is 1. The lowest BCUT2D eigenvalue weighted by molar-refractivity contribution is -0.127. The van der Waals surface area contributed by atoms with E-state index in [9.17, 15) is 4.79 Å². The van der Waals surface area contributed by atoms with E-state index in [0.717, 1.165) is 30.1 Å². The van der Waals surface area contributed by atoms with E-state index in [-0.39, 0.29) is 18.4 Å². The molecule has 0 spiro atoms. The van der Waals surface area contributed by atoms with Crippen molar-refractivity contribution in [1.82, 2.24) is 14.3 Å². The number of hydrogen-bond donors (Lipinski definition) is 1. The monoisotopic (exact) mass is 319 g/mol. The Morgan fingerprint density at radius 3 is 3.09 bits per heavy atom. The van der Waals surface area contributed by atoms with Gasteiger partial charge in [0, 0.05) is 43.8 Å². The fourth-order valence-corrected chi connectivity index (χ4v) is 3.57. The van der Waals surface area contributed by atoms with Crippen LogP contribution in [0.5, 0.6) is 0 Å². The predicted octanol–water partition coefficient (Wildman–Crippen LogP) is 1.72. The van der Waals surface area contributed by atoms with Gasteiger partial charge >= 0.3 is 0 Å². The number of imidazole rings is 1. The van der Waals surface area contributed by atoms with Gasteiger partial charge in [-0.1, -0.05) is 6.07 Å². The fourth-order valence-electron chi connectivity index (χ4n) is 2.77. The van der Waals surface area contributed by atoms with Crippen LogP contribution in [0.3, 0.4) is 0 Å². The molecule has 1 aliphatic rings. The summed E-state index contributed by atoms with van der Waals surface area (Å²) in [5, 5.41) is 9.13. The maximum Gasteiger partial charge on any atom is 0.232 e. The highest BCUT2D eigenvalue weighted by molar-refractivity contribution is 7.99. The molecule has 5 nitrogen and oxygen atoms in total. The summed E-state index contributed by atoms with van der Waals surface area (Å²) >= 11 is 1.60. The molecule has 2 aromatic rings. The largest absolute Gasteiger partial charge is 0.396 e. The Labute approximate surface area is 134 Å². The van der Waals surface area contributed by atoms with E-state index in [1.807, 2.05) is 27.6 Å². The molecule has 0 saturated carbocycles. The first kappa shape index (κ1) is 15.4. The summed E-state index contributed by atoms with van der Waals surface area (Å²) in [4.78, 5) is 18.5. The number of aromatic nitrogens is 2. The summed E-state index contributed by atoms with van der Waals surface area (Å²) in [5.41, 5.74) is 3.14. The number of carbonyl (C=O) groups excluding carboxylic acids is 1. The van der Waals surface area contributed by atoms with Gasteiger partial charge in [0.2, 0.25) is 5.91 Å². The number of rotatable bonds is 5. The van der Waals surface area contributed by atoms with Crippen molar-refractivity contribution in [1.29, 1.82) is 0 Å². The van der Waals surface area contributed by atoms with E-state index >= 15 is 0 Å². The standard InChI is InChI=1S/C16H21N3O2S/c1-12-2-3-15-17-14(8-19(15)6-12)10-22-11-16(21)18-5-4-13(7-18)9-20/h2-3,6,8,13,20H,4-5,7,9-11H2,1H3. The molecule has 1 fully saturated rings. The molecule has 0 aliphatic carbocycles. The highest BCUT2D eigenvalue weighted by Crippen LogP contribution is 2.18. The maximum atomic E-state index is 12.1. The van der Waals surface area contributed by atoms with Gasteiger partial charge in [-0.05, 0) is 25.0 Å². The molecule has 1 aliphatic heterocycles. The van der Waals surface area contributed by atoms with E-state index in [1.54, 1.807) is 11.8 Å². The van der Waals surface area contributed by atoms with Crippen LogP contribution in [0.2, 0.25) is 0 Å². The summed E-state index contributed by atoms with van der Waals surface area (Å²) in [6.45, 7) is 3.71. The van der Waals surface area contributed by atoms with Gasteiger partial charge in [-0.3, -0.25) is 4.79 Å². The topological polar surface area (TPSA) is 57.8 Å². The number of aryl methyl sites for hydroxylation is 1. The summed E-state index contributed by atoms with van der Waals surface area (Å²) in [7, 11) is 0. The van der Waals surface area contributed by atoms with Crippen LogP contribution < -0.4 is 0 Å². The molecule has 0 bridgehead atoms. The molecule has 1 saturated heterocycles. The van der Waals surface area contributed by atoms with Crippen LogP contribution in [0.1, 0.15) is 17.7 Å². The van der Waals surface area contributed by atoms with Crippen LogP contribution in [0.4, 0.5) is 0 Å². The normalized spacial score (nSPS) is 18.3. The summed E-state index contributed by atoms with van der Waals surface area (Å²) in [6, 6.07) is 4.06. The minimum absolute atomic E-state index is 0.167. The second-order valence-electron chi connectivity index (χ2n) is 5.87. The lowest BCUT2D eigenvalue weighted by Crippen LogP contribution is -2.30. The first-order chi connectivity index (χ1) is 10.7. The van der Waals surface area contributed by atoms with Gasteiger partial charge < -0.3 is 14.4 Å². The number of nitrogens with zero attached hydrogens (tertiary/aromatic N) is 3. The molecular weight excluding hydrogens is 298 g/mol. The molecule has 3 rings (SSSR count). The molecule has 1 atom stereocenters. The molecule has 1 N–H and O–H groups in total. The molecule has 22 heavy (non-hydrogen) atoms.